The quantitative estimate of drug-likeness (QED) is 0.0772. The highest BCUT2D eigenvalue weighted by atomic mass is 17.2. The molecule has 0 bridgehead atoms. The first-order chi connectivity index (χ1) is 13.8. The van der Waals surface area contributed by atoms with E-state index in [9.17, 15) is 0 Å². The van der Waals surface area contributed by atoms with Crippen molar-refractivity contribution in [3.8, 4) is 0 Å². The summed E-state index contributed by atoms with van der Waals surface area (Å²) < 4.78 is 0. The van der Waals surface area contributed by atoms with Gasteiger partial charge in [-0.05, 0) is 25.8 Å². The molecule has 1 unspecified atom stereocenters. The van der Waals surface area contributed by atoms with Crippen molar-refractivity contribution in [2.75, 3.05) is 20.4 Å². The average Bonchev–Trinajstić information content (AvgIpc) is 2.71. The highest BCUT2D eigenvalue weighted by Gasteiger charge is 2.10. The standard InChI is InChI=1S/C25H53NO2.H2O/c1-4-6-8-10-12-14-16-18-20-22-25(23-27-28-24-26-3)21-19-17-15-13-11-9-7-5-2;/h25-26H,4-24H2,1-3H3;1H2. The average molecular weight is 418 g/mol. The zero-order chi connectivity index (χ0) is 20.5. The lowest BCUT2D eigenvalue weighted by atomic mass is 9.94. The van der Waals surface area contributed by atoms with Gasteiger partial charge in [0.05, 0.1) is 6.61 Å². The normalized spacial score (nSPS) is 12.1. The van der Waals surface area contributed by atoms with Gasteiger partial charge in [0.1, 0.15) is 6.73 Å². The number of hydrogen-bond donors (Lipinski definition) is 1. The Morgan fingerprint density at radius 3 is 1.31 bits per heavy atom. The van der Waals surface area contributed by atoms with Crippen molar-refractivity contribution in [1.29, 1.82) is 0 Å². The summed E-state index contributed by atoms with van der Waals surface area (Å²) in [6.45, 7) is 5.81. The van der Waals surface area contributed by atoms with Gasteiger partial charge in [-0.25, -0.2) is 9.78 Å². The lowest BCUT2D eigenvalue weighted by Gasteiger charge is -2.16. The van der Waals surface area contributed by atoms with Crippen molar-refractivity contribution in [1.82, 2.24) is 5.32 Å². The maximum Gasteiger partial charge on any atom is 0.132 e. The summed E-state index contributed by atoms with van der Waals surface area (Å²) in [5, 5.41) is 2.96. The van der Waals surface area contributed by atoms with Crippen molar-refractivity contribution in [2.45, 2.75) is 136 Å². The predicted octanol–water partition coefficient (Wildman–Crippen LogP) is 7.35. The first-order valence-corrected chi connectivity index (χ1v) is 12.7. The van der Waals surface area contributed by atoms with Gasteiger partial charge >= 0.3 is 0 Å². The van der Waals surface area contributed by atoms with E-state index < -0.39 is 0 Å². The van der Waals surface area contributed by atoms with Gasteiger partial charge in [0.2, 0.25) is 0 Å². The third-order valence-electron chi connectivity index (χ3n) is 5.77. The van der Waals surface area contributed by atoms with Gasteiger partial charge in [0.15, 0.2) is 0 Å². The molecule has 0 heterocycles. The van der Waals surface area contributed by atoms with Gasteiger partial charge < -0.3 is 5.48 Å². The maximum atomic E-state index is 5.43. The molecule has 0 radical (unpaired) electrons. The molecule has 4 heteroatoms. The van der Waals surface area contributed by atoms with Crippen molar-refractivity contribution in [2.24, 2.45) is 5.92 Å². The van der Waals surface area contributed by atoms with E-state index in [0.717, 1.165) is 6.61 Å². The Balaban J connectivity index is 0. The van der Waals surface area contributed by atoms with E-state index in [1.54, 1.807) is 0 Å². The van der Waals surface area contributed by atoms with Gasteiger partial charge in [-0.15, -0.1) is 0 Å². The molecular formula is C25H55NO3. The zero-order valence-electron chi connectivity index (χ0n) is 20.2. The van der Waals surface area contributed by atoms with Gasteiger partial charge in [-0.2, -0.15) is 0 Å². The van der Waals surface area contributed by atoms with Crippen LogP contribution in [0.5, 0.6) is 0 Å². The van der Waals surface area contributed by atoms with Crippen LogP contribution in [0.4, 0.5) is 0 Å². The molecule has 0 rings (SSSR count). The second-order valence-corrected chi connectivity index (χ2v) is 8.65. The van der Waals surface area contributed by atoms with Gasteiger partial charge in [0.25, 0.3) is 0 Å². The molecule has 3 N–H and O–H groups in total. The highest BCUT2D eigenvalue weighted by Crippen LogP contribution is 2.20. The second kappa shape index (κ2) is 27.8. The molecule has 0 aliphatic carbocycles. The first-order valence-electron chi connectivity index (χ1n) is 12.7. The third kappa shape index (κ3) is 25.8. The second-order valence-electron chi connectivity index (χ2n) is 8.65. The van der Waals surface area contributed by atoms with Gasteiger partial charge in [-0.1, -0.05) is 123 Å². The fraction of sp³-hybridized carbons (Fsp3) is 1.00. The summed E-state index contributed by atoms with van der Waals surface area (Å²) in [7, 11) is 1.88. The molecule has 0 fully saturated rings. The van der Waals surface area contributed by atoms with E-state index in [1.165, 1.54) is 122 Å². The molecule has 0 saturated carbocycles. The number of nitrogens with one attached hydrogen (secondary N) is 1. The van der Waals surface area contributed by atoms with Gasteiger partial charge in [-0.3, -0.25) is 5.32 Å². The van der Waals surface area contributed by atoms with Gasteiger partial charge in [0, 0.05) is 0 Å². The zero-order valence-corrected chi connectivity index (χ0v) is 20.2. The molecule has 0 spiro atoms. The number of rotatable bonds is 24. The van der Waals surface area contributed by atoms with E-state index in [4.69, 9.17) is 9.78 Å². The van der Waals surface area contributed by atoms with Crippen molar-refractivity contribution < 1.29 is 15.3 Å². The highest BCUT2D eigenvalue weighted by molar-refractivity contribution is 4.60. The summed E-state index contributed by atoms with van der Waals surface area (Å²) >= 11 is 0. The fourth-order valence-corrected chi connectivity index (χ4v) is 3.87. The van der Waals surface area contributed by atoms with E-state index in [1.807, 2.05) is 7.05 Å². The van der Waals surface area contributed by atoms with Crippen molar-refractivity contribution in [3.05, 3.63) is 0 Å². The molecule has 0 aromatic heterocycles. The van der Waals surface area contributed by atoms with Crippen LogP contribution in [-0.2, 0) is 9.78 Å². The van der Waals surface area contributed by atoms with Crippen LogP contribution in [0.2, 0.25) is 0 Å². The molecule has 0 aliphatic heterocycles. The topological polar surface area (TPSA) is 62.0 Å². The van der Waals surface area contributed by atoms with E-state index >= 15 is 0 Å². The van der Waals surface area contributed by atoms with Crippen molar-refractivity contribution in [3.63, 3.8) is 0 Å². The van der Waals surface area contributed by atoms with Crippen LogP contribution >= 0.6 is 0 Å². The third-order valence-corrected chi connectivity index (χ3v) is 5.77. The Morgan fingerprint density at radius 2 is 0.931 bits per heavy atom. The minimum atomic E-state index is 0. The lowest BCUT2D eigenvalue weighted by molar-refractivity contribution is -0.305. The Bertz CT molecular complexity index is 277. The Morgan fingerprint density at radius 1 is 0.552 bits per heavy atom. The molecule has 1 atom stereocenters. The SMILES string of the molecule is CCCCCCCCCCCC(CCCCCCCCCC)COOCNC.O. The van der Waals surface area contributed by atoms with Crippen molar-refractivity contribution >= 4 is 0 Å². The summed E-state index contributed by atoms with van der Waals surface area (Å²) in [4.78, 5) is 10.6. The Kier molecular flexibility index (Phi) is 29.8. The lowest BCUT2D eigenvalue weighted by Crippen LogP contribution is -2.16. The summed E-state index contributed by atoms with van der Waals surface area (Å²) in [6.07, 6.45) is 26.4. The largest absolute Gasteiger partial charge is 0.412 e. The van der Waals surface area contributed by atoms with E-state index in [-0.39, 0.29) is 5.48 Å². The minimum Gasteiger partial charge on any atom is -0.412 e. The van der Waals surface area contributed by atoms with Crippen LogP contribution in [0.1, 0.15) is 136 Å². The maximum absolute atomic E-state index is 5.43. The summed E-state index contributed by atoms with van der Waals surface area (Å²) in [5.41, 5.74) is 0. The van der Waals surface area contributed by atoms with Crippen LogP contribution in [0.15, 0.2) is 0 Å². The molecule has 4 nitrogen and oxygen atoms in total. The van der Waals surface area contributed by atoms with Crippen LogP contribution in [0, 0.1) is 5.92 Å². The predicted molar refractivity (Wildman–Crippen MR) is 127 cm³/mol. The molecule has 0 saturated heterocycles. The molecule has 0 aromatic carbocycles. The summed E-state index contributed by atoms with van der Waals surface area (Å²) in [5.74, 6) is 0.668. The molecule has 29 heavy (non-hydrogen) atoms. The Hall–Kier alpha value is -0.160. The van der Waals surface area contributed by atoms with Crippen LogP contribution in [0.25, 0.3) is 0 Å². The van der Waals surface area contributed by atoms with Crippen LogP contribution < -0.4 is 5.32 Å². The Labute approximate surface area is 183 Å². The molecule has 0 aliphatic rings. The smallest absolute Gasteiger partial charge is 0.132 e. The van der Waals surface area contributed by atoms with Crippen LogP contribution in [0.3, 0.4) is 0 Å². The molecule has 0 aromatic rings. The molecule has 178 valence electrons. The first kappa shape index (κ1) is 31.0. The van der Waals surface area contributed by atoms with Crippen LogP contribution in [-0.4, -0.2) is 25.9 Å². The molecular weight excluding hydrogens is 362 g/mol. The summed E-state index contributed by atoms with van der Waals surface area (Å²) in [6, 6.07) is 0. The number of hydrogen-bond acceptors (Lipinski definition) is 3. The number of unbranched alkanes of at least 4 members (excludes halogenated alkanes) is 15. The monoisotopic (exact) mass is 417 g/mol. The minimum absolute atomic E-state index is 0. The van der Waals surface area contributed by atoms with E-state index in [0.29, 0.717) is 12.6 Å². The molecule has 0 amide bonds. The fourth-order valence-electron chi connectivity index (χ4n) is 3.87. The van der Waals surface area contributed by atoms with E-state index in [2.05, 4.69) is 19.2 Å².